The van der Waals surface area contributed by atoms with Gasteiger partial charge in [0.15, 0.2) is 0 Å². The van der Waals surface area contributed by atoms with E-state index in [1.54, 1.807) is 4.90 Å². The van der Waals surface area contributed by atoms with E-state index in [-0.39, 0.29) is 28.5 Å². The number of furan rings is 1. The number of anilines is 3. The van der Waals surface area contributed by atoms with Crippen molar-refractivity contribution in [1.82, 2.24) is 4.57 Å². The van der Waals surface area contributed by atoms with Gasteiger partial charge in [-0.1, -0.05) is 127 Å². The number of fused-ring (bicyclic) bond motifs is 9. The number of hydrogen-bond acceptors (Lipinski definition) is 2. The van der Waals surface area contributed by atoms with Crippen molar-refractivity contribution in [3.8, 4) is 16.8 Å². The molecule has 0 amide bonds. The summed E-state index contributed by atoms with van der Waals surface area (Å²) in [6, 6.07) is 47.6. The number of aromatic nitrogens is 1. The Kier molecular flexibility index (Phi) is 5.18. The summed E-state index contributed by atoms with van der Waals surface area (Å²) in [5.41, 5.74) is 7.53. The Bertz CT molecular complexity index is 3590. The second-order valence-corrected chi connectivity index (χ2v) is 13.2. The molecule has 53 heavy (non-hydrogen) atoms. The number of rotatable bonds is 5. The highest BCUT2D eigenvalue weighted by molar-refractivity contribution is 6.20. The standard InChI is InChI=1S/C50H32N2O/c1-2-17-37(18-3-1)51-45-23-9-8-22-41(45)43-32-36(28-30-46(43)51)35-16-10-19-38(31-35)52(44-24-11-15-33-13-4-6-20-39(33)44)47-25-12-26-48-49(47)42-29-27-34-14-5-7-21-40(34)50(42)53-48/h1-32H/i4D,6D,11D,13D,15D,20D,24D. The van der Waals surface area contributed by atoms with Crippen molar-refractivity contribution < 1.29 is 14.0 Å². The second kappa shape index (κ2) is 11.7. The molecule has 9 aromatic carbocycles. The molecule has 3 heteroatoms. The van der Waals surface area contributed by atoms with Crippen LogP contribution >= 0.6 is 0 Å². The molecule has 0 atom stereocenters. The molecule has 11 aromatic rings. The molecular weight excluding hydrogens is 645 g/mol. The Morgan fingerprint density at radius 2 is 1.25 bits per heavy atom. The van der Waals surface area contributed by atoms with Crippen LogP contribution in [-0.4, -0.2) is 4.57 Å². The topological polar surface area (TPSA) is 21.3 Å². The minimum atomic E-state index is -0.503. The molecule has 0 fully saturated rings. The molecule has 0 aliphatic carbocycles. The second-order valence-electron chi connectivity index (χ2n) is 13.2. The molecule has 0 N–H and O–H groups in total. The van der Waals surface area contributed by atoms with Crippen LogP contribution in [0.4, 0.5) is 17.1 Å². The largest absolute Gasteiger partial charge is 0.455 e. The minimum Gasteiger partial charge on any atom is -0.455 e. The van der Waals surface area contributed by atoms with Crippen molar-refractivity contribution in [1.29, 1.82) is 0 Å². The van der Waals surface area contributed by atoms with Gasteiger partial charge in [0.25, 0.3) is 0 Å². The molecule has 3 nitrogen and oxygen atoms in total. The van der Waals surface area contributed by atoms with Crippen LogP contribution in [-0.2, 0) is 0 Å². The molecule has 248 valence electrons. The summed E-state index contributed by atoms with van der Waals surface area (Å²) in [6.45, 7) is 0. The molecule has 0 saturated carbocycles. The van der Waals surface area contributed by atoms with Gasteiger partial charge in [-0.05, 0) is 88.6 Å². The van der Waals surface area contributed by atoms with Crippen LogP contribution < -0.4 is 4.90 Å². The molecule has 0 aliphatic heterocycles. The van der Waals surface area contributed by atoms with Crippen molar-refractivity contribution in [2.75, 3.05) is 4.90 Å². The Labute approximate surface area is 316 Å². The minimum absolute atomic E-state index is 0.0113. The smallest absolute Gasteiger partial charge is 0.143 e. The summed E-state index contributed by atoms with van der Waals surface area (Å²) < 4.78 is 71.7. The molecule has 0 bridgehead atoms. The van der Waals surface area contributed by atoms with E-state index in [4.69, 9.17) is 11.3 Å². The van der Waals surface area contributed by atoms with Crippen LogP contribution in [0.3, 0.4) is 0 Å². The van der Waals surface area contributed by atoms with Gasteiger partial charge in [-0.15, -0.1) is 0 Å². The molecule has 0 spiro atoms. The molecule has 0 aliphatic rings. The average molecular weight is 684 g/mol. The summed E-state index contributed by atoms with van der Waals surface area (Å²) in [5.74, 6) is 0. The first kappa shape index (κ1) is 23.4. The molecule has 11 rings (SSSR count). The Hall–Kier alpha value is -7.10. The third kappa shape index (κ3) is 4.61. The fraction of sp³-hybridized carbons (Fsp3) is 0. The highest BCUT2D eigenvalue weighted by Gasteiger charge is 2.22. The molecule has 0 saturated heterocycles. The van der Waals surface area contributed by atoms with Gasteiger partial charge in [-0.2, -0.15) is 0 Å². The maximum atomic E-state index is 9.51. The lowest BCUT2D eigenvalue weighted by Crippen LogP contribution is -2.11. The predicted octanol–water partition coefficient (Wildman–Crippen LogP) is 14.1. The SMILES string of the molecule is [2H]c1c([2H])c([2H])c2c(N(c3cccc(-c4ccc5c(c4)c4ccccc4n5-c4ccccc4)c3)c3cccc4oc5c6ccccc6ccc5c34)c([2H])c([2H])c([2H])c2c1[2H]. The molecule has 2 heterocycles. The molecular formula is C50H32N2O. The van der Waals surface area contributed by atoms with Gasteiger partial charge >= 0.3 is 0 Å². The van der Waals surface area contributed by atoms with Crippen LogP contribution in [0.15, 0.2) is 198 Å². The lowest BCUT2D eigenvalue weighted by Gasteiger charge is -2.28. The quantitative estimate of drug-likeness (QED) is 0.180. The maximum Gasteiger partial charge on any atom is 0.143 e. The first-order chi connectivity index (χ1) is 29.2. The van der Waals surface area contributed by atoms with Gasteiger partial charge < -0.3 is 13.9 Å². The van der Waals surface area contributed by atoms with Gasteiger partial charge in [-0.25, -0.2) is 0 Å². The van der Waals surface area contributed by atoms with Crippen LogP contribution in [0.25, 0.3) is 82.1 Å². The van der Waals surface area contributed by atoms with Crippen LogP contribution in [0.2, 0.25) is 0 Å². The lowest BCUT2D eigenvalue weighted by molar-refractivity contribution is 0.672. The summed E-state index contributed by atoms with van der Waals surface area (Å²) in [5, 5.41) is 5.56. The van der Waals surface area contributed by atoms with Crippen LogP contribution in [0.5, 0.6) is 0 Å². The molecule has 2 aromatic heterocycles. The van der Waals surface area contributed by atoms with Crippen LogP contribution in [0, 0.1) is 0 Å². The van der Waals surface area contributed by atoms with E-state index in [9.17, 15) is 2.74 Å². The van der Waals surface area contributed by atoms with E-state index < -0.39 is 30.2 Å². The zero-order valence-corrected chi connectivity index (χ0v) is 28.2. The van der Waals surface area contributed by atoms with E-state index in [1.807, 2.05) is 109 Å². The number of nitrogens with zero attached hydrogens (tertiary/aromatic N) is 2. The third-order valence-corrected chi connectivity index (χ3v) is 10.2. The summed E-state index contributed by atoms with van der Waals surface area (Å²) in [7, 11) is 0. The Morgan fingerprint density at radius 1 is 0.472 bits per heavy atom. The van der Waals surface area contributed by atoms with E-state index in [1.165, 1.54) is 0 Å². The first-order valence-corrected chi connectivity index (χ1v) is 17.5. The van der Waals surface area contributed by atoms with Crippen molar-refractivity contribution in [2.24, 2.45) is 0 Å². The monoisotopic (exact) mass is 683 g/mol. The Balaban J connectivity index is 1.21. The van der Waals surface area contributed by atoms with Gasteiger partial charge in [-0.3, -0.25) is 0 Å². The highest BCUT2D eigenvalue weighted by Crippen LogP contribution is 2.46. The fourth-order valence-corrected chi connectivity index (χ4v) is 7.91. The van der Waals surface area contributed by atoms with E-state index in [0.717, 1.165) is 60.2 Å². The van der Waals surface area contributed by atoms with Gasteiger partial charge in [0.2, 0.25) is 0 Å². The van der Waals surface area contributed by atoms with Crippen molar-refractivity contribution in [3.05, 3.63) is 194 Å². The van der Waals surface area contributed by atoms with Crippen molar-refractivity contribution in [2.45, 2.75) is 0 Å². The average Bonchev–Trinajstić information content (AvgIpc) is 3.84. The fourth-order valence-electron chi connectivity index (χ4n) is 7.91. The predicted molar refractivity (Wildman–Crippen MR) is 223 cm³/mol. The zero-order chi connectivity index (χ0) is 41.0. The summed E-state index contributed by atoms with van der Waals surface area (Å²) >= 11 is 0. The molecule has 0 radical (unpaired) electrons. The molecule has 0 unspecified atom stereocenters. The maximum absolute atomic E-state index is 9.51. The van der Waals surface area contributed by atoms with Gasteiger partial charge in [0.05, 0.1) is 37.4 Å². The normalized spacial score (nSPS) is 13.6. The van der Waals surface area contributed by atoms with Gasteiger partial charge in [0, 0.05) is 38.3 Å². The highest BCUT2D eigenvalue weighted by atomic mass is 16.3. The lowest BCUT2D eigenvalue weighted by atomic mass is 10.00. The number of hydrogen-bond donors (Lipinski definition) is 0. The summed E-state index contributed by atoms with van der Waals surface area (Å²) in [6.07, 6.45) is 0. The number of para-hydroxylation sites is 2. The van der Waals surface area contributed by atoms with E-state index in [2.05, 4.69) is 47.0 Å². The van der Waals surface area contributed by atoms with E-state index >= 15 is 0 Å². The van der Waals surface area contributed by atoms with Crippen LogP contribution in [0.1, 0.15) is 9.60 Å². The third-order valence-electron chi connectivity index (χ3n) is 10.2. The van der Waals surface area contributed by atoms with Crippen molar-refractivity contribution >= 4 is 82.4 Å². The zero-order valence-electron chi connectivity index (χ0n) is 35.2. The Morgan fingerprint density at radius 3 is 2.19 bits per heavy atom. The summed E-state index contributed by atoms with van der Waals surface area (Å²) in [4.78, 5) is 1.80. The number of benzene rings is 9. The van der Waals surface area contributed by atoms with E-state index in [0.29, 0.717) is 22.5 Å². The first-order valence-electron chi connectivity index (χ1n) is 21.0. The van der Waals surface area contributed by atoms with Crippen molar-refractivity contribution in [3.63, 3.8) is 0 Å². The van der Waals surface area contributed by atoms with Gasteiger partial charge in [0.1, 0.15) is 11.2 Å².